The molecule has 0 radical (unpaired) electrons. The first-order valence-electron chi connectivity index (χ1n) is 13.3. The van der Waals surface area contributed by atoms with Gasteiger partial charge in [0.2, 0.25) is 11.8 Å². The summed E-state index contributed by atoms with van der Waals surface area (Å²) in [7, 11) is 0. The van der Waals surface area contributed by atoms with Crippen molar-refractivity contribution in [3.8, 4) is 0 Å². The molecule has 0 bridgehead atoms. The largest absolute Gasteiger partial charge is 0.476 e. The van der Waals surface area contributed by atoms with Gasteiger partial charge in [0.1, 0.15) is 25.3 Å². The minimum absolute atomic E-state index is 0.0934. The second-order valence-electron chi connectivity index (χ2n) is 10.4. The fourth-order valence-electron chi connectivity index (χ4n) is 5.48. The summed E-state index contributed by atoms with van der Waals surface area (Å²) in [4.78, 5) is 9.92. The number of aliphatic imine (C=N–C) groups is 2. The van der Waals surface area contributed by atoms with Crippen LogP contribution in [0.4, 0.5) is 0 Å². The summed E-state index contributed by atoms with van der Waals surface area (Å²) in [6, 6.07) is 29.4. The van der Waals surface area contributed by atoms with Crippen LogP contribution in [0.5, 0.6) is 0 Å². The van der Waals surface area contributed by atoms with Crippen molar-refractivity contribution in [2.75, 3.05) is 13.2 Å². The van der Waals surface area contributed by atoms with E-state index in [0.717, 1.165) is 11.1 Å². The van der Waals surface area contributed by atoms with E-state index >= 15 is 0 Å². The topological polar surface area (TPSA) is 61.6 Å². The predicted molar refractivity (Wildman–Crippen MR) is 149 cm³/mol. The van der Waals surface area contributed by atoms with Gasteiger partial charge in [-0.3, -0.25) is 0 Å². The van der Waals surface area contributed by atoms with Gasteiger partial charge in [-0.25, -0.2) is 9.98 Å². The summed E-state index contributed by atoms with van der Waals surface area (Å²) in [5.74, 6) is 0.325. The van der Waals surface area contributed by atoms with Crippen molar-refractivity contribution in [2.45, 2.75) is 50.3 Å². The molecule has 38 heavy (non-hydrogen) atoms. The minimum Gasteiger partial charge on any atom is -0.476 e. The van der Waals surface area contributed by atoms with Gasteiger partial charge in [-0.15, -0.1) is 0 Å². The van der Waals surface area contributed by atoms with Gasteiger partial charge in [0, 0.05) is 0 Å². The van der Waals surface area contributed by atoms with Gasteiger partial charge in [-0.05, 0) is 58.1 Å². The lowest BCUT2D eigenvalue weighted by atomic mass is 10.0. The first kappa shape index (κ1) is 23.4. The Morgan fingerprint density at radius 1 is 0.658 bits per heavy atom. The molecule has 3 aliphatic rings. The highest BCUT2D eigenvalue weighted by Gasteiger charge is 2.52. The van der Waals surface area contributed by atoms with Crippen LogP contribution in [0.25, 0.3) is 21.5 Å². The molecule has 0 N–H and O–H groups in total. The van der Waals surface area contributed by atoms with Crippen molar-refractivity contribution < 1.29 is 18.9 Å². The molecule has 192 valence electrons. The Hall–Kier alpha value is -3.74. The molecule has 0 saturated carbocycles. The molecule has 1 fully saturated rings. The quantitative estimate of drug-likeness (QED) is 0.308. The van der Waals surface area contributed by atoms with Crippen LogP contribution < -0.4 is 0 Å². The third-order valence-corrected chi connectivity index (χ3v) is 7.82. The highest BCUT2D eigenvalue weighted by Crippen LogP contribution is 2.38. The summed E-state index contributed by atoms with van der Waals surface area (Å²) in [5.41, 5.74) is 2.25. The van der Waals surface area contributed by atoms with Crippen molar-refractivity contribution >= 4 is 33.3 Å². The van der Waals surface area contributed by atoms with Crippen LogP contribution in [-0.4, -0.2) is 43.0 Å². The zero-order valence-corrected chi connectivity index (χ0v) is 21.5. The maximum atomic E-state index is 6.42. The molecule has 4 aromatic carbocycles. The maximum Gasteiger partial charge on any atom is 0.217 e. The predicted octanol–water partition coefficient (Wildman–Crippen LogP) is 6.54. The number of ether oxygens (including phenoxy) is 4. The second kappa shape index (κ2) is 9.22. The highest BCUT2D eigenvalue weighted by molar-refractivity contribution is 5.93. The van der Waals surface area contributed by atoms with E-state index in [0.29, 0.717) is 31.4 Å². The Kier molecular flexibility index (Phi) is 5.68. The fourth-order valence-corrected chi connectivity index (χ4v) is 5.48. The van der Waals surface area contributed by atoms with E-state index in [4.69, 9.17) is 28.9 Å². The van der Waals surface area contributed by atoms with E-state index in [-0.39, 0.29) is 12.1 Å². The first-order valence-corrected chi connectivity index (χ1v) is 13.3. The van der Waals surface area contributed by atoms with Gasteiger partial charge in [-0.1, -0.05) is 79.7 Å². The van der Waals surface area contributed by atoms with Crippen LogP contribution in [0.15, 0.2) is 94.9 Å². The number of hydrogen-bond acceptors (Lipinski definition) is 6. The van der Waals surface area contributed by atoms with E-state index < -0.39 is 18.0 Å². The van der Waals surface area contributed by atoms with E-state index in [9.17, 15) is 0 Å². The normalized spacial score (nSPS) is 26.3. The lowest BCUT2D eigenvalue weighted by Crippen LogP contribution is -2.37. The first-order chi connectivity index (χ1) is 18.6. The van der Waals surface area contributed by atoms with Gasteiger partial charge in [0.15, 0.2) is 18.0 Å². The molecule has 0 spiro atoms. The highest BCUT2D eigenvalue weighted by atomic mass is 16.8. The number of hydrogen-bond donors (Lipinski definition) is 0. The van der Waals surface area contributed by atoms with Crippen LogP contribution in [-0.2, 0) is 18.9 Å². The SMILES string of the molecule is CCC1(C)O[C@@H](C2=N[C@H](c3ccc4ccccc4c3)CO2)[C@H](C2=N[C@H](c3ccc4ccccc4c3)CO2)O1. The molecule has 0 amide bonds. The summed E-state index contributed by atoms with van der Waals surface area (Å²) in [6.07, 6.45) is -0.345. The number of fused-ring (bicyclic) bond motifs is 2. The Morgan fingerprint density at radius 3 is 1.55 bits per heavy atom. The van der Waals surface area contributed by atoms with Gasteiger partial charge < -0.3 is 18.9 Å². The summed E-state index contributed by atoms with van der Waals surface area (Å²) >= 11 is 0. The molecular formula is C32H30N2O4. The summed E-state index contributed by atoms with van der Waals surface area (Å²) < 4.78 is 25.1. The number of nitrogens with zero attached hydrogens (tertiary/aromatic N) is 2. The Bertz CT molecular complexity index is 1470. The van der Waals surface area contributed by atoms with Gasteiger partial charge in [0.05, 0.1) is 0 Å². The van der Waals surface area contributed by atoms with Crippen LogP contribution in [0.1, 0.15) is 43.5 Å². The zero-order chi connectivity index (χ0) is 25.7. The molecule has 0 unspecified atom stereocenters. The lowest BCUT2D eigenvalue weighted by molar-refractivity contribution is -0.154. The van der Waals surface area contributed by atoms with Crippen molar-refractivity contribution in [2.24, 2.45) is 9.98 Å². The van der Waals surface area contributed by atoms with E-state index in [1.807, 2.05) is 13.8 Å². The maximum absolute atomic E-state index is 6.42. The standard InChI is InChI=1S/C32H30N2O4/c1-3-32(2)37-28(30-33-26(18-35-30)24-14-12-20-8-4-6-10-22(20)16-24)29(38-32)31-34-27(19-36-31)25-15-13-21-9-5-7-11-23(21)17-25/h4-17,26-29H,3,18-19H2,1-2H3/t26-,27-,28+,29+/m0/s1. The van der Waals surface area contributed by atoms with Crippen molar-refractivity contribution in [3.05, 3.63) is 96.1 Å². The number of benzene rings is 4. The molecule has 3 heterocycles. The van der Waals surface area contributed by atoms with Gasteiger partial charge >= 0.3 is 0 Å². The molecule has 4 aromatic rings. The lowest BCUT2D eigenvalue weighted by Gasteiger charge is -2.20. The molecule has 3 aliphatic heterocycles. The van der Waals surface area contributed by atoms with Crippen LogP contribution in [0.3, 0.4) is 0 Å². The van der Waals surface area contributed by atoms with Gasteiger partial charge in [0.25, 0.3) is 0 Å². The molecule has 0 aliphatic carbocycles. The van der Waals surface area contributed by atoms with E-state index in [2.05, 4.69) is 84.9 Å². The van der Waals surface area contributed by atoms with Crippen LogP contribution in [0.2, 0.25) is 0 Å². The van der Waals surface area contributed by atoms with Crippen LogP contribution >= 0.6 is 0 Å². The fraction of sp³-hybridized carbons (Fsp3) is 0.312. The van der Waals surface area contributed by atoms with Crippen LogP contribution in [0, 0.1) is 0 Å². The molecule has 4 atom stereocenters. The minimum atomic E-state index is -0.769. The Balaban J connectivity index is 1.17. The monoisotopic (exact) mass is 506 g/mol. The van der Waals surface area contributed by atoms with E-state index in [1.54, 1.807) is 0 Å². The summed E-state index contributed by atoms with van der Waals surface area (Å²) in [5, 5.41) is 4.81. The van der Waals surface area contributed by atoms with Crippen molar-refractivity contribution in [1.29, 1.82) is 0 Å². The molecule has 0 aromatic heterocycles. The molecular weight excluding hydrogens is 476 g/mol. The molecule has 7 rings (SSSR count). The molecule has 1 saturated heterocycles. The van der Waals surface area contributed by atoms with Crippen molar-refractivity contribution in [3.63, 3.8) is 0 Å². The molecule has 6 nitrogen and oxygen atoms in total. The zero-order valence-electron chi connectivity index (χ0n) is 21.5. The Morgan fingerprint density at radius 2 is 1.11 bits per heavy atom. The second-order valence-corrected chi connectivity index (χ2v) is 10.4. The van der Waals surface area contributed by atoms with Crippen molar-refractivity contribution in [1.82, 2.24) is 0 Å². The Labute approximate surface area is 221 Å². The third-order valence-electron chi connectivity index (χ3n) is 7.82. The smallest absolute Gasteiger partial charge is 0.217 e. The average molecular weight is 507 g/mol. The number of rotatable bonds is 5. The average Bonchev–Trinajstić information content (AvgIpc) is 3.71. The van der Waals surface area contributed by atoms with Gasteiger partial charge in [-0.2, -0.15) is 0 Å². The third kappa shape index (κ3) is 4.14. The van der Waals surface area contributed by atoms with E-state index in [1.165, 1.54) is 21.5 Å². The summed E-state index contributed by atoms with van der Waals surface area (Å²) in [6.45, 7) is 4.93. The molecule has 6 heteroatoms.